The Labute approximate surface area is 103 Å². The third-order valence-electron chi connectivity index (χ3n) is 2.61. The topological polar surface area (TPSA) is 52.6 Å². The Bertz CT molecular complexity index is 281. The predicted octanol–water partition coefficient (Wildman–Crippen LogP) is 2.48. The number of methoxy groups -OCH3 is 2. The molecule has 0 rings (SSSR count). The van der Waals surface area contributed by atoms with E-state index >= 15 is 0 Å². The smallest absolute Gasteiger partial charge is 0.334 e. The van der Waals surface area contributed by atoms with Crippen LogP contribution in [0.2, 0.25) is 0 Å². The fourth-order valence-electron chi connectivity index (χ4n) is 1.51. The second-order valence-electron chi connectivity index (χ2n) is 3.89. The third-order valence-corrected chi connectivity index (χ3v) is 2.61. The van der Waals surface area contributed by atoms with E-state index in [4.69, 9.17) is 0 Å². The molecule has 4 nitrogen and oxygen atoms in total. The number of esters is 2. The molecular weight excluding hydrogens is 220 g/mol. The van der Waals surface area contributed by atoms with Crippen LogP contribution in [0.4, 0.5) is 0 Å². The van der Waals surface area contributed by atoms with Gasteiger partial charge < -0.3 is 9.47 Å². The summed E-state index contributed by atoms with van der Waals surface area (Å²) in [6, 6.07) is 0. The first-order valence-electron chi connectivity index (χ1n) is 5.94. The highest BCUT2D eigenvalue weighted by molar-refractivity contribution is 5.95. The summed E-state index contributed by atoms with van der Waals surface area (Å²) < 4.78 is 9.30. The minimum absolute atomic E-state index is 0.385. The van der Waals surface area contributed by atoms with Crippen molar-refractivity contribution in [1.29, 1.82) is 0 Å². The monoisotopic (exact) mass is 242 g/mol. The van der Waals surface area contributed by atoms with Gasteiger partial charge in [0.2, 0.25) is 0 Å². The van der Waals surface area contributed by atoms with Crippen molar-refractivity contribution < 1.29 is 19.1 Å². The molecule has 0 saturated heterocycles. The second kappa shape index (κ2) is 8.79. The van der Waals surface area contributed by atoms with Crippen LogP contribution in [0.15, 0.2) is 11.6 Å². The largest absolute Gasteiger partial charge is 0.469 e. The molecule has 1 unspecified atom stereocenters. The highest BCUT2D eigenvalue weighted by Gasteiger charge is 2.24. The van der Waals surface area contributed by atoms with E-state index in [9.17, 15) is 9.59 Å². The highest BCUT2D eigenvalue weighted by Crippen LogP contribution is 2.16. The van der Waals surface area contributed by atoms with Crippen molar-refractivity contribution in [1.82, 2.24) is 0 Å². The van der Waals surface area contributed by atoms with Gasteiger partial charge in [-0.15, -0.1) is 0 Å². The lowest BCUT2D eigenvalue weighted by Crippen LogP contribution is -2.21. The Morgan fingerprint density at radius 1 is 1.18 bits per heavy atom. The van der Waals surface area contributed by atoms with Gasteiger partial charge in [-0.05, 0) is 19.8 Å². The number of rotatable bonds is 7. The van der Waals surface area contributed by atoms with Gasteiger partial charge in [0.25, 0.3) is 0 Å². The zero-order valence-corrected chi connectivity index (χ0v) is 11.1. The molecule has 0 heterocycles. The Kier molecular flexibility index (Phi) is 8.11. The molecule has 0 bridgehead atoms. The number of carbonyl (C=O) groups is 2. The van der Waals surface area contributed by atoms with Crippen molar-refractivity contribution in [3.05, 3.63) is 11.6 Å². The van der Waals surface area contributed by atoms with E-state index in [1.165, 1.54) is 14.2 Å². The molecule has 98 valence electrons. The summed E-state index contributed by atoms with van der Waals surface area (Å²) in [6.07, 6.45) is 5.79. The molecular formula is C13H22O4. The van der Waals surface area contributed by atoms with Gasteiger partial charge in [-0.3, -0.25) is 4.79 Å². The van der Waals surface area contributed by atoms with Crippen molar-refractivity contribution in [3.63, 3.8) is 0 Å². The Morgan fingerprint density at radius 2 is 1.82 bits per heavy atom. The van der Waals surface area contributed by atoms with E-state index < -0.39 is 17.9 Å². The number of ether oxygens (including phenoxy) is 2. The zero-order valence-electron chi connectivity index (χ0n) is 11.1. The molecule has 0 saturated carbocycles. The molecule has 4 heteroatoms. The fourth-order valence-corrected chi connectivity index (χ4v) is 1.51. The molecule has 1 atom stereocenters. The number of allylic oxidation sites excluding steroid dienone is 1. The van der Waals surface area contributed by atoms with Gasteiger partial charge in [-0.25, -0.2) is 4.79 Å². The van der Waals surface area contributed by atoms with Gasteiger partial charge in [-0.2, -0.15) is 0 Å². The summed E-state index contributed by atoms with van der Waals surface area (Å²) >= 11 is 0. The third kappa shape index (κ3) is 5.52. The molecule has 0 aliphatic heterocycles. The maximum absolute atomic E-state index is 11.5. The molecule has 0 aromatic rings. The molecule has 0 aromatic heterocycles. The average molecular weight is 242 g/mol. The van der Waals surface area contributed by atoms with Crippen molar-refractivity contribution >= 4 is 11.9 Å². The standard InChI is InChI=1S/C13H22O4/c1-5-6-7-8-9-11(13(15)17-4)10(2)12(14)16-3/h9-10H,5-8H2,1-4H3/b11-9+. The normalized spacial score (nSPS) is 13.1. The van der Waals surface area contributed by atoms with Crippen molar-refractivity contribution in [2.45, 2.75) is 39.5 Å². The molecule has 0 spiro atoms. The maximum Gasteiger partial charge on any atom is 0.334 e. The SMILES string of the molecule is CCCCC/C=C(/C(=O)OC)C(C)C(=O)OC. The molecule has 0 radical (unpaired) electrons. The number of hydrogen-bond acceptors (Lipinski definition) is 4. The Balaban J connectivity index is 4.63. The van der Waals surface area contributed by atoms with Gasteiger partial charge in [0.15, 0.2) is 0 Å². The van der Waals surface area contributed by atoms with Crippen LogP contribution in [-0.4, -0.2) is 26.2 Å². The van der Waals surface area contributed by atoms with Gasteiger partial charge >= 0.3 is 11.9 Å². The van der Waals surface area contributed by atoms with Crippen LogP contribution >= 0.6 is 0 Å². The minimum atomic E-state index is -0.575. The van der Waals surface area contributed by atoms with E-state index in [1.54, 1.807) is 13.0 Å². The second-order valence-corrected chi connectivity index (χ2v) is 3.89. The first kappa shape index (κ1) is 15.7. The van der Waals surface area contributed by atoms with E-state index in [1.807, 2.05) is 0 Å². The van der Waals surface area contributed by atoms with E-state index in [0.29, 0.717) is 5.57 Å². The molecule has 0 aliphatic rings. The van der Waals surface area contributed by atoms with Gasteiger partial charge in [0.05, 0.1) is 20.1 Å². The quantitative estimate of drug-likeness (QED) is 0.391. The summed E-state index contributed by atoms with van der Waals surface area (Å²) in [5.41, 5.74) is 0.385. The van der Waals surface area contributed by atoms with Crippen LogP contribution < -0.4 is 0 Å². The fraction of sp³-hybridized carbons (Fsp3) is 0.692. The van der Waals surface area contributed by atoms with Crippen LogP contribution in [0.3, 0.4) is 0 Å². The van der Waals surface area contributed by atoms with Crippen LogP contribution in [0.25, 0.3) is 0 Å². The molecule has 0 aromatic carbocycles. The Morgan fingerprint density at radius 3 is 2.29 bits per heavy atom. The summed E-state index contributed by atoms with van der Waals surface area (Å²) in [7, 11) is 2.62. The lowest BCUT2D eigenvalue weighted by atomic mass is 9.99. The van der Waals surface area contributed by atoms with Crippen molar-refractivity contribution in [2.24, 2.45) is 5.92 Å². The predicted molar refractivity (Wildman–Crippen MR) is 65.4 cm³/mol. The van der Waals surface area contributed by atoms with Crippen LogP contribution in [0, 0.1) is 5.92 Å². The van der Waals surface area contributed by atoms with E-state index in [0.717, 1.165) is 25.7 Å². The summed E-state index contributed by atoms with van der Waals surface area (Å²) in [5, 5.41) is 0. The van der Waals surface area contributed by atoms with Gasteiger partial charge in [0, 0.05) is 5.57 Å². The number of hydrogen-bond donors (Lipinski definition) is 0. The lowest BCUT2D eigenvalue weighted by molar-refractivity contribution is -0.146. The van der Waals surface area contributed by atoms with Crippen LogP contribution in [0.5, 0.6) is 0 Å². The first-order valence-corrected chi connectivity index (χ1v) is 5.94. The highest BCUT2D eigenvalue weighted by atomic mass is 16.5. The van der Waals surface area contributed by atoms with Crippen LogP contribution in [-0.2, 0) is 19.1 Å². The molecule has 0 aliphatic carbocycles. The van der Waals surface area contributed by atoms with Crippen molar-refractivity contribution in [3.8, 4) is 0 Å². The molecule has 0 N–H and O–H groups in total. The lowest BCUT2D eigenvalue weighted by Gasteiger charge is -2.12. The minimum Gasteiger partial charge on any atom is -0.469 e. The molecule has 0 amide bonds. The Hall–Kier alpha value is -1.32. The van der Waals surface area contributed by atoms with Crippen LogP contribution in [0.1, 0.15) is 39.5 Å². The van der Waals surface area contributed by atoms with E-state index in [2.05, 4.69) is 16.4 Å². The number of unbranched alkanes of at least 4 members (excludes halogenated alkanes) is 3. The summed E-state index contributed by atoms with van der Waals surface area (Å²) in [6.45, 7) is 3.76. The van der Waals surface area contributed by atoms with Gasteiger partial charge in [-0.1, -0.05) is 25.8 Å². The maximum atomic E-state index is 11.5. The van der Waals surface area contributed by atoms with Gasteiger partial charge in [0.1, 0.15) is 0 Å². The summed E-state index contributed by atoms with van der Waals surface area (Å²) in [5.74, 6) is -1.45. The first-order chi connectivity index (χ1) is 8.08. The molecule has 17 heavy (non-hydrogen) atoms. The number of carbonyl (C=O) groups excluding carboxylic acids is 2. The summed E-state index contributed by atoms with van der Waals surface area (Å²) in [4.78, 5) is 22.9. The van der Waals surface area contributed by atoms with E-state index in [-0.39, 0.29) is 0 Å². The average Bonchev–Trinajstić information content (AvgIpc) is 2.36. The molecule has 0 fully saturated rings. The van der Waals surface area contributed by atoms with Crippen molar-refractivity contribution in [2.75, 3.05) is 14.2 Å². The zero-order chi connectivity index (χ0) is 13.3.